The molecule has 0 radical (unpaired) electrons. The van der Waals surface area contributed by atoms with Crippen molar-refractivity contribution in [1.82, 2.24) is 20.4 Å². The Bertz CT molecular complexity index is 3050. The molecule has 0 spiro atoms. The predicted octanol–water partition coefficient (Wildman–Crippen LogP) is 15.4. The number of anilines is 4. The van der Waals surface area contributed by atoms with E-state index in [9.17, 15) is 32.3 Å². The van der Waals surface area contributed by atoms with Crippen molar-refractivity contribution in [3.63, 3.8) is 0 Å². The van der Waals surface area contributed by atoms with Gasteiger partial charge in [-0.25, -0.2) is 9.59 Å². The zero-order valence-electron chi connectivity index (χ0n) is 50.5. The van der Waals surface area contributed by atoms with Gasteiger partial charge in [-0.3, -0.25) is 9.59 Å². The molecule has 6 aromatic carbocycles. The molecule has 86 heavy (non-hydrogen) atoms. The lowest BCUT2D eigenvalue weighted by Gasteiger charge is -2.32. The molecule has 6 amide bonds. The van der Waals surface area contributed by atoms with Crippen molar-refractivity contribution in [2.75, 3.05) is 60.5 Å². The van der Waals surface area contributed by atoms with E-state index in [0.717, 1.165) is 118 Å². The molecule has 0 aromatic heterocycles. The van der Waals surface area contributed by atoms with E-state index < -0.39 is 23.4 Å². The fraction of sp³-hybridized carbons (Fsp3) is 0.412. The number of hydrogen-bond donors (Lipinski definition) is 6. The van der Waals surface area contributed by atoms with Crippen molar-refractivity contribution in [2.24, 2.45) is 0 Å². The van der Waals surface area contributed by atoms with E-state index in [4.69, 9.17) is 14.2 Å². The number of alkyl halides is 3. The van der Waals surface area contributed by atoms with Gasteiger partial charge in [0.05, 0.1) is 0 Å². The van der Waals surface area contributed by atoms with Crippen LogP contribution in [0.1, 0.15) is 143 Å². The molecule has 2 aliphatic heterocycles. The van der Waals surface area contributed by atoms with Crippen LogP contribution in [0.2, 0.25) is 0 Å². The summed E-state index contributed by atoms with van der Waals surface area (Å²) in [6, 6.07) is 38.6. The minimum atomic E-state index is -4.74. The molecular formula is C68H85F3N8O7. The Labute approximate surface area is 505 Å². The smallest absolute Gasteiger partial charge is 0.420 e. The summed E-state index contributed by atoms with van der Waals surface area (Å²) < 4.78 is 59.9. The largest absolute Gasteiger partial charge is 0.490 e. The number of piperidine rings is 2. The van der Waals surface area contributed by atoms with Crippen molar-refractivity contribution >= 4 is 46.6 Å². The monoisotopic (exact) mass is 1180 g/mol. The topological polar surface area (TPSA) is 175 Å². The Morgan fingerprint density at radius 1 is 0.512 bits per heavy atom. The third kappa shape index (κ3) is 21.5. The van der Waals surface area contributed by atoms with E-state index in [-0.39, 0.29) is 59.3 Å². The Morgan fingerprint density at radius 2 is 0.907 bits per heavy atom. The standard InChI is InChI=1S/C35H43F3N4O4.C33H42N4O3/c1-4-7-20-42-21-18-30(19-22-42)45-28-13-8-24(9-14-28)33(43)39-27-12-17-32(31(23-27)35(36,37)38)46-29-15-10-26(11-16-29)41-34(44)40-25(5-2)6-3;1-4-5-20-37-21-18-31(19-22-37)40-30-16-10-27(11-17-30)32(38)35-28-12-6-25(7-13-28)23-26-8-14-29(15-9-26)36-33(39)34-24(2)3/h8-17,23,25,30H,4-7,18-22H2,1-3H3,(H,39,43)(H2,40,41,44);6-17,24,31H,4-5,18-23H2,1-3H3,(H,35,38)(H2,34,36,39). The first-order valence-electron chi connectivity index (χ1n) is 30.4. The number of ether oxygens (including phenoxy) is 3. The van der Waals surface area contributed by atoms with E-state index in [1.807, 2.05) is 100 Å². The van der Waals surface area contributed by atoms with E-state index in [2.05, 4.69) is 55.5 Å². The predicted molar refractivity (Wildman–Crippen MR) is 336 cm³/mol. The van der Waals surface area contributed by atoms with E-state index in [1.165, 1.54) is 62.6 Å². The van der Waals surface area contributed by atoms with E-state index in [1.54, 1.807) is 24.3 Å². The van der Waals surface area contributed by atoms with Gasteiger partial charge in [-0.05, 0) is 211 Å². The average molecular weight is 1180 g/mol. The molecule has 2 fully saturated rings. The van der Waals surface area contributed by atoms with Crippen molar-refractivity contribution in [1.29, 1.82) is 0 Å². The summed E-state index contributed by atoms with van der Waals surface area (Å²) in [5, 5.41) is 16.7. The number of likely N-dealkylation sites (tertiary alicyclic amines) is 2. The number of halogens is 3. The normalized spacial score (nSPS) is 14.1. The molecule has 0 saturated carbocycles. The maximum Gasteiger partial charge on any atom is 0.420 e. The van der Waals surface area contributed by atoms with Crippen molar-refractivity contribution < 1.29 is 46.6 Å². The Balaban J connectivity index is 0.000000248. The zero-order valence-corrected chi connectivity index (χ0v) is 50.5. The summed E-state index contributed by atoms with van der Waals surface area (Å²) in [4.78, 5) is 54.7. The van der Waals surface area contributed by atoms with Crippen molar-refractivity contribution in [2.45, 2.75) is 143 Å². The van der Waals surface area contributed by atoms with Crippen molar-refractivity contribution in [3.8, 4) is 23.0 Å². The number of unbranched alkanes of at least 4 members (excludes halogenated alkanes) is 2. The number of urea groups is 2. The van der Waals surface area contributed by atoms with Gasteiger partial charge in [0.2, 0.25) is 0 Å². The fourth-order valence-electron chi connectivity index (χ4n) is 10.00. The van der Waals surface area contributed by atoms with Crippen LogP contribution in [0.3, 0.4) is 0 Å². The highest BCUT2D eigenvalue weighted by atomic mass is 19.4. The summed E-state index contributed by atoms with van der Waals surface area (Å²) in [5.74, 6) is 0.503. The molecule has 2 heterocycles. The summed E-state index contributed by atoms with van der Waals surface area (Å²) in [5.41, 5.74) is 4.06. The highest BCUT2D eigenvalue weighted by molar-refractivity contribution is 6.05. The van der Waals surface area contributed by atoms with Gasteiger partial charge >= 0.3 is 18.2 Å². The summed E-state index contributed by atoms with van der Waals surface area (Å²) in [6.07, 6.45) is 6.77. The molecule has 0 unspecified atom stereocenters. The molecular weight excluding hydrogens is 1100 g/mol. The number of rotatable bonds is 24. The molecule has 2 aliphatic rings. The lowest BCUT2D eigenvalue weighted by atomic mass is 10.0. The molecule has 0 atom stereocenters. The van der Waals surface area contributed by atoms with E-state index in [0.29, 0.717) is 17.0 Å². The fourth-order valence-corrected chi connectivity index (χ4v) is 10.00. The molecule has 6 N–H and O–H groups in total. The molecule has 0 aliphatic carbocycles. The SMILES string of the molecule is CCCCN1CCC(Oc2ccc(C(=O)Nc3ccc(Cc4ccc(NC(=O)NC(C)C)cc4)cc3)cc2)CC1.CCCCN1CCC(Oc2ccc(C(=O)Nc3ccc(Oc4ccc(NC(=O)NC(CC)CC)cc4)c(C(F)(F)F)c3)cc2)CC1. The number of benzene rings is 6. The highest BCUT2D eigenvalue weighted by Gasteiger charge is 2.35. The number of hydrogen-bond acceptors (Lipinski definition) is 9. The van der Waals surface area contributed by atoms with Crippen LogP contribution in [0.15, 0.2) is 140 Å². The first-order valence-corrected chi connectivity index (χ1v) is 30.4. The van der Waals surface area contributed by atoms with Crippen LogP contribution in [0.25, 0.3) is 0 Å². The Hall–Kier alpha value is -8.09. The third-order valence-corrected chi connectivity index (χ3v) is 15.0. The summed E-state index contributed by atoms with van der Waals surface area (Å²) >= 11 is 0. The second kappa shape index (κ2) is 33.0. The van der Waals surface area contributed by atoms with Crippen LogP contribution in [-0.4, -0.2) is 97.2 Å². The van der Waals surface area contributed by atoms with Gasteiger partial charge < -0.3 is 55.9 Å². The van der Waals surface area contributed by atoms with Gasteiger partial charge in [0.15, 0.2) is 0 Å². The van der Waals surface area contributed by atoms with Gasteiger partial charge in [-0.15, -0.1) is 0 Å². The maximum atomic E-state index is 14.0. The second-order valence-corrected chi connectivity index (χ2v) is 22.3. The molecule has 18 heteroatoms. The summed E-state index contributed by atoms with van der Waals surface area (Å²) in [6.45, 7) is 18.7. The van der Waals surface area contributed by atoms with Crippen LogP contribution in [0.5, 0.6) is 23.0 Å². The van der Waals surface area contributed by atoms with Crippen LogP contribution in [-0.2, 0) is 12.6 Å². The van der Waals surface area contributed by atoms with Gasteiger partial charge in [0, 0.05) is 72.1 Å². The van der Waals surface area contributed by atoms with Crippen LogP contribution >= 0.6 is 0 Å². The van der Waals surface area contributed by atoms with Crippen LogP contribution < -0.4 is 46.1 Å². The van der Waals surface area contributed by atoms with E-state index >= 15 is 0 Å². The first kappa shape index (κ1) is 65.5. The number of amides is 6. The third-order valence-electron chi connectivity index (χ3n) is 15.0. The average Bonchev–Trinajstić information content (AvgIpc) is 2.52. The highest BCUT2D eigenvalue weighted by Crippen LogP contribution is 2.40. The second-order valence-electron chi connectivity index (χ2n) is 22.3. The molecule has 6 aromatic rings. The maximum absolute atomic E-state index is 14.0. The molecule has 460 valence electrons. The van der Waals surface area contributed by atoms with Gasteiger partial charge in [-0.1, -0.05) is 64.8 Å². The van der Waals surface area contributed by atoms with Gasteiger partial charge in [-0.2, -0.15) is 13.2 Å². The first-order chi connectivity index (χ1) is 41.4. The molecule has 15 nitrogen and oxygen atoms in total. The molecule has 0 bridgehead atoms. The number of carbonyl (C=O) groups is 4. The number of nitrogens with zero attached hydrogens (tertiary/aromatic N) is 2. The molecule has 8 rings (SSSR count). The lowest BCUT2D eigenvalue weighted by molar-refractivity contribution is -0.138. The minimum Gasteiger partial charge on any atom is -0.490 e. The van der Waals surface area contributed by atoms with Crippen LogP contribution in [0, 0.1) is 0 Å². The molecule has 2 saturated heterocycles. The minimum absolute atomic E-state index is 0.0251. The number of nitrogens with one attached hydrogen (secondary N) is 6. The van der Waals surface area contributed by atoms with Gasteiger partial charge in [0.1, 0.15) is 40.8 Å². The zero-order chi connectivity index (χ0) is 61.4. The van der Waals surface area contributed by atoms with Crippen LogP contribution in [0.4, 0.5) is 45.5 Å². The van der Waals surface area contributed by atoms with Crippen molar-refractivity contribution in [3.05, 3.63) is 167 Å². The number of carbonyl (C=O) groups excluding carboxylic acids is 4. The lowest BCUT2D eigenvalue weighted by Crippen LogP contribution is -2.38. The quantitative estimate of drug-likeness (QED) is 0.0345. The summed E-state index contributed by atoms with van der Waals surface area (Å²) in [7, 11) is 0. The Morgan fingerprint density at radius 3 is 1.33 bits per heavy atom. The Kier molecular flexibility index (Phi) is 25.1. The van der Waals surface area contributed by atoms with Gasteiger partial charge in [0.25, 0.3) is 11.8 Å².